The van der Waals surface area contributed by atoms with Gasteiger partial charge in [0.25, 0.3) is 23.6 Å². The van der Waals surface area contributed by atoms with Gasteiger partial charge in [0, 0.05) is 117 Å². The van der Waals surface area contributed by atoms with Crippen molar-refractivity contribution in [2.45, 2.75) is 25.8 Å². The third kappa shape index (κ3) is 11.5. The highest BCUT2D eigenvalue weighted by Gasteiger charge is 2.20. The van der Waals surface area contributed by atoms with Crippen molar-refractivity contribution < 1.29 is 38.3 Å². The molecule has 0 aliphatic carbocycles. The van der Waals surface area contributed by atoms with Crippen LogP contribution in [-0.4, -0.2) is 106 Å². The Morgan fingerprint density at radius 3 is 1.75 bits per heavy atom. The highest BCUT2D eigenvalue weighted by molar-refractivity contribution is 6.04. The summed E-state index contributed by atoms with van der Waals surface area (Å²) in [5, 5.41) is 19.3. The van der Waals surface area contributed by atoms with Gasteiger partial charge in [0.1, 0.15) is 5.69 Å². The summed E-state index contributed by atoms with van der Waals surface area (Å²) in [7, 11) is 9.64. The van der Waals surface area contributed by atoms with Gasteiger partial charge < -0.3 is 64.8 Å². The first-order valence-corrected chi connectivity index (χ1v) is 18.5. The van der Waals surface area contributed by atoms with Crippen molar-refractivity contribution in [1.82, 2.24) is 53.7 Å². The number of hydrogen-bond donors (Lipinski definition) is 7. The van der Waals surface area contributed by atoms with Crippen molar-refractivity contribution in [2.75, 3.05) is 48.0 Å². The van der Waals surface area contributed by atoms with Crippen LogP contribution in [0.25, 0.3) is 0 Å². The van der Waals surface area contributed by atoms with E-state index in [-0.39, 0.29) is 73.1 Å². The smallest absolute Gasteiger partial charge is 0.307 e. The fourth-order valence-corrected chi connectivity index (χ4v) is 5.81. The van der Waals surface area contributed by atoms with Crippen LogP contribution in [0.3, 0.4) is 0 Å². The number of carbonyl (C=O) groups is 7. The third-order valence-corrected chi connectivity index (χ3v) is 8.89. The van der Waals surface area contributed by atoms with E-state index in [0.29, 0.717) is 24.5 Å². The van der Waals surface area contributed by atoms with E-state index in [1.165, 1.54) is 40.9 Å². The number of hydrogen-bond acceptors (Lipinski definition) is 12. The van der Waals surface area contributed by atoms with Crippen LogP contribution in [0.15, 0.2) is 49.3 Å². The second kappa shape index (κ2) is 19.7. The average molecular weight is 830 g/mol. The second-order valence-electron chi connectivity index (χ2n) is 13.6. The summed E-state index contributed by atoms with van der Waals surface area (Å²) in [4.78, 5) is 99.7. The minimum absolute atomic E-state index is 0.0132. The lowest BCUT2D eigenvalue weighted by molar-refractivity contribution is -0.140. The maximum Gasteiger partial charge on any atom is 0.307 e. The molecule has 0 radical (unpaired) electrons. The SMILES string of the molecule is COC(=O)CCNC(=O)c1nc(NC(=O)CCNCc2cc(NC(=O)c3nc(NC(=O)CCNC(=O)c4cc(NC(=O)c5nccn5C)cn4C)cn3C)cn2C)cn1C. The summed E-state index contributed by atoms with van der Waals surface area (Å²) in [6.45, 7) is 0.801. The Hall–Kier alpha value is -7.56. The van der Waals surface area contributed by atoms with Gasteiger partial charge in [0.15, 0.2) is 17.5 Å². The first-order valence-electron chi connectivity index (χ1n) is 18.5. The van der Waals surface area contributed by atoms with E-state index in [0.717, 1.165) is 5.69 Å². The summed E-state index contributed by atoms with van der Waals surface area (Å²) >= 11 is 0. The van der Waals surface area contributed by atoms with Crippen molar-refractivity contribution in [3.63, 3.8) is 0 Å². The molecule has 5 aromatic heterocycles. The highest BCUT2D eigenvalue weighted by Crippen LogP contribution is 2.17. The molecule has 0 spiro atoms. The van der Waals surface area contributed by atoms with Crippen molar-refractivity contribution in [2.24, 2.45) is 35.2 Å². The van der Waals surface area contributed by atoms with Crippen LogP contribution in [0.1, 0.15) is 67.3 Å². The molecule has 5 heterocycles. The number of imidazole rings is 3. The van der Waals surface area contributed by atoms with Crippen LogP contribution < -0.4 is 37.2 Å². The second-order valence-corrected chi connectivity index (χ2v) is 13.6. The lowest BCUT2D eigenvalue weighted by Crippen LogP contribution is -2.29. The van der Waals surface area contributed by atoms with Gasteiger partial charge in [0.2, 0.25) is 23.5 Å². The van der Waals surface area contributed by atoms with Crippen LogP contribution >= 0.6 is 0 Å². The molecule has 0 aromatic carbocycles. The molecule has 0 unspecified atom stereocenters. The monoisotopic (exact) mass is 829 g/mol. The molecule has 6 amide bonds. The van der Waals surface area contributed by atoms with E-state index in [1.54, 1.807) is 62.0 Å². The Kier molecular flexibility index (Phi) is 14.3. The number of aryl methyl sites for hydroxylation is 5. The van der Waals surface area contributed by atoms with E-state index >= 15 is 0 Å². The summed E-state index contributed by atoms with van der Waals surface area (Å²) in [6.07, 6.45) is 9.52. The van der Waals surface area contributed by atoms with Gasteiger partial charge in [-0.25, -0.2) is 15.0 Å². The van der Waals surface area contributed by atoms with Crippen LogP contribution in [0.2, 0.25) is 0 Å². The number of anilines is 4. The number of aromatic nitrogens is 8. The molecule has 5 rings (SSSR count). The Morgan fingerprint density at radius 2 is 1.13 bits per heavy atom. The van der Waals surface area contributed by atoms with Gasteiger partial charge in [0.05, 0.1) is 24.9 Å². The molecule has 0 aliphatic rings. The first kappa shape index (κ1) is 43.6. The Labute approximate surface area is 343 Å². The van der Waals surface area contributed by atoms with Crippen LogP contribution in [-0.2, 0) is 60.9 Å². The summed E-state index contributed by atoms with van der Waals surface area (Å²) in [5.41, 5.74) is 2.00. The Morgan fingerprint density at radius 1 is 0.583 bits per heavy atom. The molecule has 60 heavy (non-hydrogen) atoms. The van der Waals surface area contributed by atoms with Crippen LogP contribution in [0, 0.1) is 0 Å². The Bertz CT molecular complexity index is 2400. The molecular weight excluding hydrogens is 783 g/mol. The summed E-state index contributed by atoms with van der Waals surface area (Å²) < 4.78 is 12.4. The number of esters is 1. The summed E-state index contributed by atoms with van der Waals surface area (Å²) in [5.74, 6) is -2.41. The largest absolute Gasteiger partial charge is 0.469 e. The number of amides is 6. The molecule has 318 valence electrons. The van der Waals surface area contributed by atoms with Crippen molar-refractivity contribution >= 4 is 64.4 Å². The lowest BCUT2D eigenvalue weighted by Gasteiger charge is -2.06. The van der Waals surface area contributed by atoms with E-state index in [1.807, 2.05) is 11.6 Å². The van der Waals surface area contributed by atoms with Crippen molar-refractivity contribution in [3.8, 4) is 0 Å². The van der Waals surface area contributed by atoms with Crippen LogP contribution in [0.5, 0.6) is 0 Å². The Balaban J connectivity index is 1.01. The fourth-order valence-electron chi connectivity index (χ4n) is 5.81. The van der Waals surface area contributed by atoms with E-state index in [2.05, 4.69) is 56.9 Å². The zero-order valence-electron chi connectivity index (χ0n) is 33.9. The number of rotatable bonds is 19. The van der Waals surface area contributed by atoms with Gasteiger partial charge in [-0.05, 0) is 12.1 Å². The molecule has 0 aliphatic heterocycles. The molecule has 0 atom stereocenters. The zero-order chi connectivity index (χ0) is 43.5. The molecule has 23 nitrogen and oxygen atoms in total. The number of nitrogens with zero attached hydrogens (tertiary/aromatic N) is 8. The van der Waals surface area contributed by atoms with E-state index in [4.69, 9.17) is 0 Å². The van der Waals surface area contributed by atoms with Crippen molar-refractivity contribution in [3.05, 3.63) is 78.2 Å². The van der Waals surface area contributed by atoms with E-state index < -0.39 is 35.5 Å². The molecule has 5 aromatic rings. The zero-order valence-corrected chi connectivity index (χ0v) is 33.9. The van der Waals surface area contributed by atoms with Gasteiger partial charge >= 0.3 is 5.97 Å². The van der Waals surface area contributed by atoms with Crippen LogP contribution in [0.4, 0.5) is 23.0 Å². The van der Waals surface area contributed by atoms with Gasteiger partial charge in [-0.15, -0.1) is 0 Å². The molecule has 0 bridgehead atoms. The molecule has 23 heteroatoms. The minimum atomic E-state index is -0.513. The van der Waals surface area contributed by atoms with Gasteiger partial charge in [-0.2, -0.15) is 0 Å². The topological polar surface area (TPSA) is 276 Å². The van der Waals surface area contributed by atoms with E-state index in [9.17, 15) is 33.6 Å². The quantitative estimate of drug-likeness (QED) is 0.0436. The number of methoxy groups -OCH3 is 1. The fraction of sp³-hybridized carbons (Fsp3) is 0.351. The molecule has 0 saturated carbocycles. The maximum absolute atomic E-state index is 13.1. The first-order chi connectivity index (χ1) is 28.6. The minimum Gasteiger partial charge on any atom is -0.469 e. The van der Waals surface area contributed by atoms with Crippen molar-refractivity contribution in [1.29, 1.82) is 0 Å². The predicted molar refractivity (Wildman–Crippen MR) is 216 cm³/mol. The average Bonchev–Trinajstić information content (AvgIpc) is 4.02. The standard InChI is InChI=1S/C37H47N15O8/c1-48-14-13-39-31(48)36(58)43-23-16-25(50(3)19-23)34(56)40-11-8-29(54)45-27-21-52(5)33(47-27)37(59)42-22-15-24(49(2)18-22)17-38-10-7-28(53)44-26-20-51(4)32(46-26)35(57)41-12-9-30(55)60-6/h13-16,18-21,38H,7-12,17H2,1-6H3,(H,40,56)(H,41,57)(H,42,59)(H,43,58)(H,44,53)(H,45,54). The third-order valence-electron chi connectivity index (χ3n) is 8.89. The molecule has 0 fully saturated rings. The molecular formula is C37H47N15O8. The molecule has 7 N–H and O–H groups in total. The normalized spacial score (nSPS) is 10.8. The van der Waals surface area contributed by atoms with Gasteiger partial charge in [-0.1, -0.05) is 0 Å². The number of nitrogens with one attached hydrogen (secondary N) is 7. The highest BCUT2D eigenvalue weighted by atomic mass is 16.5. The van der Waals surface area contributed by atoms with Gasteiger partial charge in [-0.3, -0.25) is 33.6 Å². The lowest BCUT2D eigenvalue weighted by atomic mass is 10.3. The summed E-state index contributed by atoms with van der Waals surface area (Å²) in [6, 6.07) is 3.28. The number of ether oxygens (including phenoxy) is 1. The predicted octanol–water partition coefficient (Wildman–Crippen LogP) is 0.239. The maximum atomic E-state index is 13.1. The number of carbonyl (C=O) groups excluding carboxylic acids is 7. The molecule has 0 saturated heterocycles.